The van der Waals surface area contributed by atoms with Crippen LogP contribution >= 0.6 is 0 Å². The van der Waals surface area contributed by atoms with Crippen molar-refractivity contribution in [2.45, 2.75) is 25.8 Å². The second-order valence-corrected chi connectivity index (χ2v) is 6.03. The number of aromatic hydroxyl groups is 1. The SMILES string of the molecule is CCOC(=O)Nc1cc(=NC2CC2)n2nc/c(=C\c3[nH]c(=O)[nH]c3O)c2n1. The highest BCUT2D eigenvalue weighted by Crippen LogP contribution is 2.22. The fourth-order valence-corrected chi connectivity index (χ4v) is 2.53. The summed E-state index contributed by atoms with van der Waals surface area (Å²) in [5, 5.41) is 17.1. The van der Waals surface area contributed by atoms with Crippen LogP contribution < -0.4 is 21.7 Å². The average Bonchev–Trinajstić information content (AvgIpc) is 3.24. The number of imidazole rings is 1. The smallest absolute Gasteiger partial charge is 0.412 e. The van der Waals surface area contributed by atoms with E-state index in [2.05, 4.69) is 30.4 Å². The summed E-state index contributed by atoms with van der Waals surface area (Å²) in [6, 6.07) is 1.85. The minimum atomic E-state index is -0.621. The van der Waals surface area contributed by atoms with Crippen molar-refractivity contribution in [3.8, 4) is 5.88 Å². The van der Waals surface area contributed by atoms with Gasteiger partial charge in [-0.2, -0.15) is 9.61 Å². The lowest BCUT2D eigenvalue weighted by Gasteiger charge is -2.05. The number of amides is 1. The predicted octanol–water partition coefficient (Wildman–Crippen LogP) is -0.370. The molecule has 11 nitrogen and oxygen atoms in total. The van der Waals surface area contributed by atoms with Crippen LogP contribution in [0.3, 0.4) is 0 Å². The van der Waals surface area contributed by atoms with Crippen molar-refractivity contribution in [2.75, 3.05) is 11.9 Å². The van der Waals surface area contributed by atoms with E-state index in [-0.39, 0.29) is 30.0 Å². The molecule has 4 rings (SSSR count). The summed E-state index contributed by atoms with van der Waals surface area (Å²) < 4.78 is 6.43. The molecule has 0 spiro atoms. The van der Waals surface area contributed by atoms with E-state index in [9.17, 15) is 14.7 Å². The molecule has 0 saturated heterocycles. The van der Waals surface area contributed by atoms with Gasteiger partial charge in [0.25, 0.3) is 0 Å². The molecule has 11 heteroatoms. The number of hydrogen-bond donors (Lipinski definition) is 4. The second-order valence-electron chi connectivity index (χ2n) is 6.03. The van der Waals surface area contributed by atoms with E-state index in [4.69, 9.17) is 4.74 Å². The third-order valence-electron chi connectivity index (χ3n) is 3.88. The van der Waals surface area contributed by atoms with Crippen LogP contribution in [-0.2, 0) is 4.74 Å². The first-order valence-corrected chi connectivity index (χ1v) is 8.43. The zero-order valence-electron chi connectivity index (χ0n) is 14.4. The van der Waals surface area contributed by atoms with E-state index in [1.807, 2.05) is 0 Å². The van der Waals surface area contributed by atoms with Gasteiger partial charge in [-0.15, -0.1) is 0 Å². The molecule has 3 aromatic rings. The Bertz CT molecular complexity index is 1190. The van der Waals surface area contributed by atoms with E-state index >= 15 is 0 Å². The number of hydrogen-bond acceptors (Lipinski definition) is 7. The van der Waals surface area contributed by atoms with Gasteiger partial charge in [0.2, 0.25) is 5.88 Å². The molecule has 0 unspecified atom stereocenters. The van der Waals surface area contributed by atoms with Crippen molar-refractivity contribution < 1.29 is 14.6 Å². The van der Waals surface area contributed by atoms with Gasteiger partial charge >= 0.3 is 11.8 Å². The molecule has 3 aromatic heterocycles. The maximum absolute atomic E-state index is 11.7. The third kappa shape index (κ3) is 3.52. The average molecular weight is 371 g/mol. The topological polar surface area (TPSA) is 150 Å². The minimum absolute atomic E-state index is 0.195. The molecule has 1 aliphatic carbocycles. The molecule has 27 heavy (non-hydrogen) atoms. The number of fused-ring (bicyclic) bond motifs is 1. The van der Waals surface area contributed by atoms with Gasteiger partial charge in [0.15, 0.2) is 11.1 Å². The quantitative estimate of drug-likeness (QED) is 0.491. The summed E-state index contributed by atoms with van der Waals surface area (Å²) in [4.78, 5) is 36.8. The van der Waals surface area contributed by atoms with Gasteiger partial charge in [-0.05, 0) is 25.8 Å². The standard InChI is InChI=1S/C16H17N7O4/c1-2-27-16(26)21-11-6-12(18-9-3-4-9)23-13(20-11)8(7-17-23)5-10-14(24)22-15(25)19-10/h5-7,9,24H,2-4H2,1H3,(H,21,26)(H2,19,22,25)/b8-5+,18-12?. The summed E-state index contributed by atoms with van der Waals surface area (Å²) in [6.45, 7) is 1.94. The molecule has 140 valence electrons. The van der Waals surface area contributed by atoms with Crippen LogP contribution in [-0.4, -0.2) is 48.4 Å². The largest absolute Gasteiger partial charge is 0.493 e. The first-order chi connectivity index (χ1) is 13.0. The van der Waals surface area contributed by atoms with Gasteiger partial charge in [-0.1, -0.05) is 0 Å². The van der Waals surface area contributed by atoms with Crippen molar-refractivity contribution in [1.29, 1.82) is 0 Å². The van der Waals surface area contributed by atoms with Crippen molar-refractivity contribution in [3.63, 3.8) is 0 Å². The lowest BCUT2D eigenvalue weighted by Crippen LogP contribution is -2.22. The van der Waals surface area contributed by atoms with Crippen LogP contribution in [0.2, 0.25) is 0 Å². The summed E-state index contributed by atoms with van der Waals surface area (Å²) in [6.07, 6.45) is 4.45. The Morgan fingerprint density at radius 1 is 1.52 bits per heavy atom. The van der Waals surface area contributed by atoms with Crippen molar-refractivity contribution in [2.24, 2.45) is 4.99 Å². The summed E-state index contributed by atoms with van der Waals surface area (Å²) in [7, 11) is 0. The van der Waals surface area contributed by atoms with E-state index < -0.39 is 11.8 Å². The molecule has 0 radical (unpaired) electrons. The van der Waals surface area contributed by atoms with Crippen molar-refractivity contribution >= 4 is 23.6 Å². The number of nitrogens with zero attached hydrogens (tertiary/aromatic N) is 4. The number of carbonyl (C=O) groups excluding carboxylic acids is 1. The second kappa shape index (κ2) is 6.59. The maximum atomic E-state index is 11.7. The molecule has 1 saturated carbocycles. The van der Waals surface area contributed by atoms with Crippen LogP contribution in [0.25, 0.3) is 11.7 Å². The molecule has 3 heterocycles. The summed E-state index contributed by atoms with van der Waals surface area (Å²) in [5.41, 5.74) is 0.615. The number of carbonyl (C=O) groups is 1. The number of rotatable bonds is 4. The Balaban J connectivity index is 1.88. The number of aromatic amines is 2. The molecular formula is C16H17N7O4. The highest BCUT2D eigenvalue weighted by atomic mass is 16.5. The van der Waals surface area contributed by atoms with Gasteiger partial charge in [0, 0.05) is 11.3 Å². The Hall–Kier alpha value is -3.63. The fourth-order valence-electron chi connectivity index (χ4n) is 2.53. The normalized spacial score (nSPS) is 15.4. The highest BCUT2D eigenvalue weighted by molar-refractivity contribution is 5.83. The number of H-pyrrole nitrogens is 2. The molecule has 0 atom stereocenters. The highest BCUT2D eigenvalue weighted by Gasteiger charge is 2.20. The zero-order chi connectivity index (χ0) is 19.0. The summed E-state index contributed by atoms with van der Waals surface area (Å²) in [5.74, 6) is -0.0228. The van der Waals surface area contributed by atoms with Crippen LogP contribution in [0.4, 0.5) is 10.6 Å². The molecule has 1 aliphatic rings. The van der Waals surface area contributed by atoms with Crippen molar-refractivity contribution in [3.05, 3.63) is 39.1 Å². The molecule has 1 fully saturated rings. The lowest BCUT2D eigenvalue weighted by atomic mass is 10.3. The Kier molecular flexibility index (Phi) is 4.11. The van der Waals surface area contributed by atoms with E-state index in [0.29, 0.717) is 16.4 Å². The molecule has 0 bridgehead atoms. The van der Waals surface area contributed by atoms with Crippen molar-refractivity contribution in [1.82, 2.24) is 24.6 Å². The Morgan fingerprint density at radius 2 is 2.33 bits per heavy atom. The van der Waals surface area contributed by atoms with Gasteiger partial charge in [0.05, 0.1) is 18.8 Å². The van der Waals surface area contributed by atoms with Gasteiger partial charge < -0.3 is 14.8 Å². The van der Waals surface area contributed by atoms with Gasteiger partial charge in [0.1, 0.15) is 11.5 Å². The van der Waals surface area contributed by atoms with Crippen LogP contribution in [0.5, 0.6) is 5.88 Å². The molecule has 0 aliphatic heterocycles. The first kappa shape index (κ1) is 16.8. The van der Waals surface area contributed by atoms with Gasteiger partial charge in [-0.25, -0.2) is 14.6 Å². The predicted molar refractivity (Wildman–Crippen MR) is 94.1 cm³/mol. The number of aromatic nitrogens is 5. The lowest BCUT2D eigenvalue weighted by molar-refractivity contribution is 0.168. The van der Waals surface area contributed by atoms with Crippen LogP contribution in [0.1, 0.15) is 25.5 Å². The number of anilines is 1. The van der Waals surface area contributed by atoms with E-state index in [1.54, 1.807) is 17.5 Å². The third-order valence-corrected chi connectivity index (χ3v) is 3.88. The molecule has 0 aromatic carbocycles. The van der Waals surface area contributed by atoms with Gasteiger partial charge in [-0.3, -0.25) is 15.3 Å². The first-order valence-electron chi connectivity index (χ1n) is 8.43. The summed E-state index contributed by atoms with van der Waals surface area (Å²) >= 11 is 0. The van der Waals surface area contributed by atoms with Crippen LogP contribution in [0, 0.1) is 0 Å². The maximum Gasteiger partial charge on any atom is 0.412 e. The van der Waals surface area contributed by atoms with E-state index in [1.165, 1.54) is 12.3 Å². The molecule has 4 N–H and O–H groups in total. The van der Waals surface area contributed by atoms with Crippen LogP contribution in [0.15, 0.2) is 22.1 Å². The fraction of sp³-hybridized carbons (Fsp3) is 0.312. The monoisotopic (exact) mass is 371 g/mol. The number of nitrogens with one attached hydrogen (secondary N) is 3. The zero-order valence-corrected chi connectivity index (χ0v) is 14.4. The molecular weight excluding hydrogens is 354 g/mol. The Morgan fingerprint density at radius 3 is 3.00 bits per heavy atom. The minimum Gasteiger partial charge on any atom is -0.493 e. The van der Waals surface area contributed by atoms with E-state index in [0.717, 1.165) is 12.8 Å². The molecule has 1 amide bonds. The number of ether oxygens (including phenoxy) is 1. The Labute approximate surface area is 151 Å².